The number of carbonyl (C=O) groups is 3. The molecule has 10 heteroatoms. The highest BCUT2D eigenvalue weighted by Gasteiger charge is 2.48. The van der Waals surface area contributed by atoms with Crippen molar-refractivity contribution >= 4 is 17.7 Å². The van der Waals surface area contributed by atoms with Gasteiger partial charge in [0.05, 0.1) is 19.8 Å². The predicted octanol–water partition coefficient (Wildman–Crippen LogP) is 1.16. The molecule has 4 heterocycles. The zero-order valence-corrected chi connectivity index (χ0v) is 19.5. The molecular weight excluding hydrogens is 426 g/mol. The summed E-state index contributed by atoms with van der Waals surface area (Å²) in [6.07, 6.45) is 5.41. The second kappa shape index (κ2) is 8.39. The number of likely N-dealkylation sites (tertiary alicyclic amines) is 1. The van der Waals surface area contributed by atoms with Gasteiger partial charge in [0.15, 0.2) is 11.5 Å². The molecule has 1 spiro atoms. The van der Waals surface area contributed by atoms with E-state index in [9.17, 15) is 14.4 Å². The van der Waals surface area contributed by atoms with Gasteiger partial charge in [0.2, 0.25) is 5.91 Å². The number of fused-ring (bicyclic) bond motifs is 1. The second-order valence-corrected chi connectivity index (χ2v) is 9.75. The monoisotopic (exact) mass is 459 g/mol. The molecule has 33 heavy (non-hydrogen) atoms. The zero-order chi connectivity index (χ0) is 23.2. The van der Waals surface area contributed by atoms with Crippen LogP contribution in [0.2, 0.25) is 0 Å². The van der Waals surface area contributed by atoms with Crippen molar-refractivity contribution in [3.63, 3.8) is 0 Å². The Morgan fingerprint density at radius 3 is 2.48 bits per heavy atom. The Morgan fingerprint density at radius 1 is 1.18 bits per heavy atom. The van der Waals surface area contributed by atoms with Crippen molar-refractivity contribution in [2.75, 3.05) is 32.8 Å². The lowest BCUT2D eigenvalue weighted by atomic mass is 9.94. The van der Waals surface area contributed by atoms with Crippen molar-refractivity contribution in [1.29, 1.82) is 0 Å². The minimum atomic E-state index is -1.05. The maximum Gasteiger partial charge on any atom is 0.274 e. The van der Waals surface area contributed by atoms with Crippen molar-refractivity contribution in [3.05, 3.63) is 17.5 Å². The van der Waals surface area contributed by atoms with E-state index < -0.39 is 11.3 Å². The first-order valence-corrected chi connectivity index (χ1v) is 12.1. The van der Waals surface area contributed by atoms with E-state index in [2.05, 4.69) is 10.4 Å². The topological polar surface area (TPSA) is 106 Å². The molecule has 3 amide bonds. The summed E-state index contributed by atoms with van der Waals surface area (Å²) in [5.41, 5.74) is -0.469. The lowest BCUT2D eigenvalue weighted by Crippen LogP contribution is -2.64. The Balaban J connectivity index is 1.33. The third-order valence-corrected chi connectivity index (χ3v) is 7.64. The molecule has 5 rings (SSSR count). The Kier molecular flexibility index (Phi) is 5.68. The SMILES string of the molecule is CCN1C(=O)c2cc(C(=O)N3CCC4(CC3)OCCO4)nn2C[C@]1(C)C(=O)NC1CCCC1. The van der Waals surface area contributed by atoms with Gasteiger partial charge in [0.25, 0.3) is 11.8 Å². The summed E-state index contributed by atoms with van der Waals surface area (Å²) in [4.78, 5) is 43.1. The van der Waals surface area contributed by atoms with Gasteiger partial charge in [0, 0.05) is 44.6 Å². The number of rotatable bonds is 4. The summed E-state index contributed by atoms with van der Waals surface area (Å²) in [6, 6.07) is 1.73. The molecular formula is C23H33N5O5. The van der Waals surface area contributed by atoms with Crippen LogP contribution in [0.3, 0.4) is 0 Å². The summed E-state index contributed by atoms with van der Waals surface area (Å²) in [5.74, 6) is -1.20. The number of amides is 3. The van der Waals surface area contributed by atoms with Crippen molar-refractivity contribution in [3.8, 4) is 0 Å². The van der Waals surface area contributed by atoms with Crippen molar-refractivity contribution < 1.29 is 23.9 Å². The van der Waals surface area contributed by atoms with Crippen molar-refractivity contribution in [2.45, 2.75) is 76.3 Å². The summed E-state index contributed by atoms with van der Waals surface area (Å²) in [5, 5.41) is 7.62. The van der Waals surface area contributed by atoms with Crippen LogP contribution >= 0.6 is 0 Å². The Morgan fingerprint density at radius 2 is 1.85 bits per heavy atom. The molecule has 2 saturated heterocycles. The Bertz CT molecular complexity index is 939. The zero-order valence-electron chi connectivity index (χ0n) is 19.5. The first-order valence-electron chi connectivity index (χ1n) is 12.1. The molecule has 1 saturated carbocycles. The van der Waals surface area contributed by atoms with Crippen LogP contribution in [-0.2, 0) is 20.8 Å². The summed E-state index contributed by atoms with van der Waals surface area (Å²) in [6.45, 7) is 6.48. The molecule has 4 aliphatic rings. The maximum absolute atomic E-state index is 13.3. The van der Waals surface area contributed by atoms with Crippen molar-refractivity contribution in [2.24, 2.45) is 0 Å². The van der Waals surface area contributed by atoms with E-state index in [0.717, 1.165) is 25.7 Å². The number of nitrogens with zero attached hydrogens (tertiary/aromatic N) is 4. The standard InChI is InChI=1S/C23H33N5O5/c1-3-27-20(30)18-14-17(19(29)26-10-8-23(9-11-26)32-12-13-33-23)25-28(18)15-22(27,2)21(31)24-16-6-4-5-7-16/h14,16H,3-13,15H2,1-2H3,(H,24,31)/t22-/m1/s1. The fourth-order valence-electron chi connectivity index (χ4n) is 5.65. The van der Waals surface area contributed by atoms with E-state index in [1.165, 1.54) is 4.68 Å². The van der Waals surface area contributed by atoms with E-state index in [-0.39, 0.29) is 36.0 Å². The largest absolute Gasteiger partial charge is 0.351 e. The second-order valence-electron chi connectivity index (χ2n) is 9.75. The first kappa shape index (κ1) is 22.3. The molecule has 180 valence electrons. The van der Waals surface area contributed by atoms with Gasteiger partial charge in [-0.2, -0.15) is 5.10 Å². The average molecular weight is 460 g/mol. The number of carbonyl (C=O) groups excluding carboxylic acids is 3. The van der Waals surface area contributed by atoms with E-state index in [0.29, 0.717) is 51.4 Å². The molecule has 0 bridgehead atoms. The molecule has 0 aromatic carbocycles. The van der Waals surface area contributed by atoms with Gasteiger partial charge in [-0.25, -0.2) is 0 Å². The van der Waals surface area contributed by atoms with Crippen LogP contribution in [0, 0.1) is 0 Å². The van der Waals surface area contributed by atoms with Gasteiger partial charge in [-0.1, -0.05) is 12.8 Å². The molecule has 3 fully saturated rings. The minimum absolute atomic E-state index is 0.156. The van der Waals surface area contributed by atoms with Crippen LogP contribution in [0.4, 0.5) is 0 Å². The number of aromatic nitrogens is 2. The third kappa shape index (κ3) is 3.82. The third-order valence-electron chi connectivity index (χ3n) is 7.64. The molecule has 1 atom stereocenters. The highest BCUT2D eigenvalue weighted by atomic mass is 16.7. The molecule has 1 N–H and O–H groups in total. The lowest BCUT2D eigenvalue weighted by molar-refractivity contribution is -0.181. The molecule has 3 aliphatic heterocycles. The van der Waals surface area contributed by atoms with Crippen LogP contribution in [-0.4, -0.2) is 87.5 Å². The fourth-order valence-corrected chi connectivity index (χ4v) is 5.65. The smallest absolute Gasteiger partial charge is 0.274 e. The number of hydrogen-bond donors (Lipinski definition) is 1. The van der Waals surface area contributed by atoms with Gasteiger partial charge in [0.1, 0.15) is 11.2 Å². The van der Waals surface area contributed by atoms with E-state index in [1.807, 2.05) is 6.92 Å². The van der Waals surface area contributed by atoms with E-state index in [4.69, 9.17) is 9.47 Å². The number of nitrogens with one attached hydrogen (secondary N) is 1. The predicted molar refractivity (Wildman–Crippen MR) is 118 cm³/mol. The normalized spacial score (nSPS) is 27.3. The van der Waals surface area contributed by atoms with Crippen LogP contribution in [0.15, 0.2) is 6.07 Å². The minimum Gasteiger partial charge on any atom is -0.351 e. The van der Waals surface area contributed by atoms with Gasteiger partial charge < -0.3 is 24.6 Å². The molecule has 1 aromatic heterocycles. The summed E-state index contributed by atoms with van der Waals surface area (Å²) < 4.78 is 13.0. The van der Waals surface area contributed by atoms with Crippen molar-refractivity contribution in [1.82, 2.24) is 24.9 Å². The average Bonchev–Trinajstić information content (AvgIpc) is 3.56. The number of likely N-dealkylation sites (N-methyl/N-ethyl adjacent to an activating group) is 1. The highest BCUT2D eigenvalue weighted by molar-refractivity contribution is 6.02. The fraction of sp³-hybridized carbons (Fsp3) is 0.739. The Labute approximate surface area is 193 Å². The summed E-state index contributed by atoms with van der Waals surface area (Å²) >= 11 is 0. The molecule has 1 aliphatic carbocycles. The number of piperidine rings is 1. The number of ether oxygens (including phenoxy) is 2. The van der Waals surface area contributed by atoms with Gasteiger partial charge in [-0.05, 0) is 26.7 Å². The first-order chi connectivity index (χ1) is 15.8. The van der Waals surface area contributed by atoms with Crippen LogP contribution < -0.4 is 5.32 Å². The Hall–Kier alpha value is -2.46. The molecule has 0 radical (unpaired) electrons. The highest BCUT2D eigenvalue weighted by Crippen LogP contribution is 2.32. The summed E-state index contributed by atoms with van der Waals surface area (Å²) in [7, 11) is 0. The van der Waals surface area contributed by atoms with Crippen LogP contribution in [0.1, 0.15) is 73.3 Å². The molecule has 0 unspecified atom stereocenters. The van der Waals surface area contributed by atoms with Gasteiger partial charge in [-0.3, -0.25) is 19.1 Å². The maximum atomic E-state index is 13.3. The van der Waals surface area contributed by atoms with Gasteiger partial charge in [-0.15, -0.1) is 0 Å². The lowest BCUT2D eigenvalue weighted by Gasteiger charge is -2.43. The molecule has 10 nitrogen and oxygen atoms in total. The van der Waals surface area contributed by atoms with E-state index in [1.54, 1.807) is 22.8 Å². The molecule has 1 aromatic rings. The van der Waals surface area contributed by atoms with Crippen LogP contribution in [0.25, 0.3) is 0 Å². The van der Waals surface area contributed by atoms with Gasteiger partial charge >= 0.3 is 0 Å². The quantitative estimate of drug-likeness (QED) is 0.724. The number of hydrogen-bond acceptors (Lipinski definition) is 6. The van der Waals surface area contributed by atoms with Crippen LogP contribution in [0.5, 0.6) is 0 Å². The van der Waals surface area contributed by atoms with E-state index >= 15 is 0 Å².